The van der Waals surface area contributed by atoms with Crippen molar-refractivity contribution in [2.75, 3.05) is 26.2 Å². The van der Waals surface area contributed by atoms with Gasteiger partial charge in [0.25, 0.3) is 0 Å². The molecule has 1 unspecified atom stereocenters. The first-order valence-corrected chi connectivity index (χ1v) is 14.0. The van der Waals surface area contributed by atoms with Crippen molar-refractivity contribution >= 4 is 11.6 Å². The van der Waals surface area contributed by atoms with E-state index in [2.05, 4.69) is 70.5 Å². The first-order valence-electron chi connectivity index (χ1n) is 13.7. The van der Waals surface area contributed by atoms with E-state index >= 15 is 0 Å². The van der Waals surface area contributed by atoms with E-state index in [9.17, 15) is 5.11 Å². The van der Waals surface area contributed by atoms with Crippen LogP contribution >= 0.6 is 11.6 Å². The number of likely N-dealkylation sites (tertiary alicyclic amines) is 1. The highest BCUT2D eigenvalue weighted by Crippen LogP contribution is 2.29. The molecule has 2 aliphatic heterocycles. The minimum Gasteiger partial charge on any atom is -0.388 e. The Kier molecular flexibility index (Phi) is 8.76. The fraction of sp³-hybridized carbons (Fsp3) is 0.438. The van der Waals surface area contributed by atoms with Gasteiger partial charge in [0.05, 0.1) is 6.10 Å². The van der Waals surface area contributed by atoms with Crippen LogP contribution in [0.2, 0.25) is 5.02 Å². The van der Waals surface area contributed by atoms with Gasteiger partial charge in [0, 0.05) is 31.2 Å². The summed E-state index contributed by atoms with van der Waals surface area (Å²) >= 11 is 6.15. The van der Waals surface area contributed by atoms with E-state index in [0.29, 0.717) is 5.92 Å². The Morgan fingerprint density at radius 1 is 0.750 bits per heavy atom. The summed E-state index contributed by atoms with van der Waals surface area (Å²) in [5.41, 5.74) is 6.66. The molecule has 0 amide bonds. The molecular formula is C32H39ClN2O. The van der Waals surface area contributed by atoms with Crippen molar-refractivity contribution in [2.24, 2.45) is 5.92 Å². The molecule has 1 N–H and O–H groups in total. The lowest BCUT2D eigenvalue weighted by atomic mass is 9.89. The molecule has 3 nitrogen and oxygen atoms in total. The van der Waals surface area contributed by atoms with Gasteiger partial charge < -0.3 is 5.11 Å². The molecule has 2 heterocycles. The van der Waals surface area contributed by atoms with Crippen molar-refractivity contribution < 1.29 is 5.11 Å². The molecule has 3 aromatic carbocycles. The Morgan fingerprint density at radius 3 is 2.22 bits per heavy atom. The number of hydrogen-bond donors (Lipinski definition) is 1. The Bertz CT molecular complexity index is 1110. The molecule has 0 aromatic heterocycles. The third-order valence-corrected chi connectivity index (χ3v) is 8.34. The minimum absolute atomic E-state index is 0.358. The first-order chi connectivity index (χ1) is 17.6. The minimum atomic E-state index is -0.358. The van der Waals surface area contributed by atoms with Gasteiger partial charge in [0.2, 0.25) is 0 Å². The normalized spacial score (nSPS) is 18.5. The van der Waals surface area contributed by atoms with Gasteiger partial charge in [-0.25, -0.2) is 0 Å². The number of aliphatic hydroxyl groups excluding tert-OH is 1. The summed E-state index contributed by atoms with van der Waals surface area (Å²) in [6.45, 7) is 6.43. The number of rotatable bonds is 8. The number of halogens is 1. The van der Waals surface area contributed by atoms with Gasteiger partial charge in [0.15, 0.2) is 0 Å². The van der Waals surface area contributed by atoms with Crippen LogP contribution in [-0.2, 0) is 25.9 Å². The van der Waals surface area contributed by atoms with E-state index in [4.69, 9.17) is 11.6 Å². The SMILES string of the molecule is OC(CCC1CCN(Cc2cccc(Cl)c2)CC1)c1ccc2c(c1)CCN(Cc1ccccc1)CC2. The van der Waals surface area contributed by atoms with Crippen molar-refractivity contribution in [1.82, 2.24) is 9.80 Å². The number of benzene rings is 3. The maximum absolute atomic E-state index is 11.0. The highest BCUT2D eigenvalue weighted by molar-refractivity contribution is 6.30. The lowest BCUT2D eigenvalue weighted by Gasteiger charge is -2.32. The van der Waals surface area contributed by atoms with Gasteiger partial charge in [-0.2, -0.15) is 0 Å². The third-order valence-electron chi connectivity index (χ3n) is 8.11. The average Bonchev–Trinajstić information content (AvgIpc) is 3.10. The Labute approximate surface area is 221 Å². The number of fused-ring (bicyclic) bond motifs is 1. The second kappa shape index (κ2) is 12.4. The van der Waals surface area contributed by atoms with Crippen LogP contribution < -0.4 is 0 Å². The molecule has 0 aliphatic carbocycles. The summed E-state index contributed by atoms with van der Waals surface area (Å²) < 4.78 is 0. The summed E-state index contributed by atoms with van der Waals surface area (Å²) in [4.78, 5) is 5.09. The van der Waals surface area contributed by atoms with E-state index in [1.807, 2.05) is 12.1 Å². The number of hydrogen-bond acceptors (Lipinski definition) is 3. The monoisotopic (exact) mass is 502 g/mol. The smallest absolute Gasteiger partial charge is 0.0790 e. The number of piperidine rings is 1. The molecule has 0 spiro atoms. The van der Waals surface area contributed by atoms with Crippen LogP contribution in [0.3, 0.4) is 0 Å². The topological polar surface area (TPSA) is 26.7 Å². The molecule has 3 aromatic rings. The van der Waals surface area contributed by atoms with Crippen molar-refractivity contribution in [3.05, 3.63) is 106 Å². The largest absolute Gasteiger partial charge is 0.388 e. The van der Waals surface area contributed by atoms with Gasteiger partial charge in [-0.1, -0.05) is 72.3 Å². The van der Waals surface area contributed by atoms with Gasteiger partial charge in [-0.15, -0.1) is 0 Å². The van der Waals surface area contributed by atoms with Crippen molar-refractivity contribution in [2.45, 2.75) is 57.7 Å². The summed E-state index contributed by atoms with van der Waals surface area (Å²) in [5, 5.41) is 11.8. The second-order valence-electron chi connectivity index (χ2n) is 10.7. The average molecular weight is 503 g/mol. The molecule has 190 valence electrons. The van der Waals surface area contributed by atoms with E-state index in [-0.39, 0.29) is 6.10 Å². The molecule has 1 saturated heterocycles. The second-order valence-corrected chi connectivity index (χ2v) is 11.2. The molecule has 5 rings (SSSR count). The Balaban J connectivity index is 1.08. The predicted molar refractivity (Wildman–Crippen MR) is 149 cm³/mol. The van der Waals surface area contributed by atoms with Gasteiger partial charge in [0.1, 0.15) is 0 Å². The molecular weight excluding hydrogens is 464 g/mol. The first kappa shape index (κ1) is 25.5. The van der Waals surface area contributed by atoms with E-state index < -0.39 is 0 Å². The van der Waals surface area contributed by atoms with Crippen LogP contribution in [0.5, 0.6) is 0 Å². The van der Waals surface area contributed by atoms with E-state index in [1.165, 1.54) is 35.1 Å². The zero-order valence-electron chi connectivity index (χ0n) is 21.3. The van der Waals surface area contributed by atoms with Crippen LogP contribution in [-0.4, -0.2) is 41.1 Å². The van der Waals surface area contributed by atoms with Crippen LogP contribution in [0.1, 0.15) is 59.6 Å². The zero-order chi connectivity index (χ0) is 24.7. The Morgan fingerprint density at radius 2 is 1.44 bits per heavy atom. The highest BCUT2D eigenvalue weighted by atomic mass is 35.5. The van der Waals surface area contributed by atoms with Crippen molar-refractivity contribution in [3.8, 4) is 0 Å². The summed E-state index contributed by atoms with van der Waals surface area (Å²) in [5.74, 6) is 0.711. The maximum Gasteiger partial charge on any atom is 0.0790 e. The molecule has 1 atom stereocenters. The molecule has 4 heteroatoms. The predicted octanol–water partition coefficient (Wildman–Crippen LogP) is 6.67. The zero-order valence-corrected chi connectivity index (χ0v) is 22.0. The maximum atomic E-state index is 11.0. The Hall–Kier alpha value is -2.17. The third kappa shape index (κ3) is 6.98. The molecule has 0 bridgehead atoms. The van der Waals surface area contributed by atoms with Gasteiger partial charge >= 0.3 is 0 Å². The van der Waals surface area contributed by atoms with Crippen LogP contribution in [0, 0.1) is 5.92 Å². The van der Waals surface area contributed by atoms with Crippen molar-refractivity contribution in [1.29, 1.82) is 0 Å². The number of aliphatic hydroxyl groups is 1. The van der Waals surface area contributed by atoms with Crippen LogP contribution in [0.15, 0.2) is 72.8 Å². The highest BCUT2D eigenvalue weighted by Gasteiger charge is 2.21. The fourth-order valence-corrected chi connectivity index (χ4v) is 6.10. The van der Waals surface area contributed by atoms with Crippen molar-refractivity contribution in [3.63, 3.8) is 0 Å². The quantitative estimate of drug-likeness (QED) is 0.372. The lowest BCUT2D eigenvalue weighted by molar-refractivity contribution is 0.132. The molecule has 2 aliphatic rings. The molecule has 1 fully saturated rings. The standard InChI is InChI=1S/C32H39ClN2O/c33-31-8-4-7-27(21-31)24-34-17-13-25(14-18-34)9-12-32(36)30-11-10-28-15-19-35(20-16-29(28)22-30)23-26-5-2-1-3-6-26/h1-8,10-11,21-22,25,32,36H,9,12-20,23-24H2. The molecule has 0 saturated carbocycles. The van der Waals surface area contributed by atoms with Gasteiger partial charge in [-0.05, 0) is 97.5 Å². The van der Waals surface area contributed by atoms with Crippen LogP contribution in [0.25, 0.3) is 0 Å². The summed E-state index contributed by atoms with van der Waals surface area (Å²) in [6, 6.07) is 25.7. The molecule has 36 heavy (non-hydrogen) atoms. The van der Waals surface area contributed by atoms with E-state index in [1.54, 1.807) is 0 Å². The summed E-state index contributed by atoms with van der Waals surface area (Å²) in [7, 11) is 0. The molecule has 0 radical (unpaired) electrons. The summed E-state index contributed by atoms with van der Waals surface area (Å²) in [6.07, 6.45) is 6.19. The fourth-order valence-electron chi connectivity index (χ4n) is 5.89. The number of nitrogens with zero attached hydrogens (tertiary/aromatic N) is 2. The van der Waals surface area contributed by atoms with Gasteiger partial charge in [-0.3, -0.25) is 9.80 Å². The van der Waals surface area contributed by atoms with E-state index in [0.717, 1.165) is 75.5 Å². The van der Waals surface area contributed by atoms with Crippen LogP contribution in [0.4, 0.5) is 0 Å². The lowest BCUT2D eigenvalue weighted by Crippen LogP contribution is -2.33.